The number of likely N-dealkylation sites (tertiary alicyclic amines) is 1. The Morgan fingerprint density at radius 3 is 2.63 bits per heavy atom. The number of rotatable bonds is 5. The first kappa shape index (κ1) is 24.8. The second-order valence-corrected chi connectivity index (χ2v) is 10.6. The van der Waals surface area contributed by atoms with Gasteiger partial charge in [-0.2, -0.15) is 4.98 Å². The normalized spacial score (nSPS) is 19.7. The number of hydrogen-bond acceptors (Lipinski definition) is 7. The van der Waals surface area contributed by atoms with E-state index in [9.17, 15) is 4.39 Å². The van der Waals surface area contributed by atoms with Crippen LogP contribution in [0.15, 0.2) is 53.2 Å². The van der Waals surface area contributed by atoms with Crippen molar-refractivity contribution in [2.24, 2.45) is 0 Å². The van der Waals surface area contributed by atoms with E-state index in [1.807, 2.05) is 18.3 Å². The van der Waals surface area contributed by atoms with Crippen molar-refractivity contribution in [3.8, 4) is 22.9 Å². The number of fused-ring (bicyclic) bond motifs is 1. The zero-order chi connectivity index (χ0) is 26.4. The Bertz CT molecular complexity index is 1500. The molecule has 1 atom stereocenters. The van der Waals surface area contributed by atoms with Crippen molar-refractivity contribution in [2.45, 2.75) is 51.9 Å². The van der Waals surface area contributed by atoms with Gasteiger partial charge in [0.15, 0.2) is 11.5 Å². The van der Waals surface area contributed by atoms with E-state index < -0.39 is 11.6 Å². The van der Waals surface area contributed by atoms with Crippen molar-refractivity contribution in [2.75, 3.05) is 13.1 Å². The zero-order valence-corrected chi connectivity index (χ0v) is 22.3. The van der Waals surface area contributed by atoms with E-state index in [4.69, 9.17) is 30.6 Å². The molecular formula is C29H28ClFN4O3. The highest BCUT2D eigenvalue weighted by atomic mass is 35.5. The lowest BCUT2D eigenvalue weighted by atomic mass is 9.88. The van der Waals surface area contributed by atoms with Gasteiger partial charge in [-0.3, -0.25) is 9.88 Å². The van der Waals surface area contributed by atoms with Crippen LogP contribution in [-0.2, 0) is 12.3 Å². The average molecular weight is 535 g/mol. The van der Waals surface area contributed by atoms with Gasteiger partial charge in [0, 0.05) is 42.7 Å². The van der Waals surface area contributed by atoms with Crippen molar-refractivity contribution in [1.82, 2.24) is 20.0 Å². The molecule has 0 bridgehead atoms. The molecule has 0 spiro atoms. The van der Waals surface area contributed by atoms with E-state index in [1.54, 1.807) is 26.0 Å². The maximum atomic E-state index is 14.7. The molecule has 0 aliphatic carbocycles. The summed E-state index contributed by atoms with van der Waals surface area (Å²) in [6.07, 6.45) is 3.76. The van der Waals surface area contributed by atoms with Gasteiger partial charge in [-0.25, -0.2) is 4.39 Å². The number of pyridine rings is 1. The molecule has 38 heavy (non-hydrogen) atoms. The van der Waals surface area contributed by atoms with Gasteiger partial charge < -0.3 is 14.0 Å². The smallest absolute Gasteiger partial charge is 0.278 e. The minimum absolute atomic E-state index is 0.320. The first-order valence-corrected chi connectivity index (χ1v) is 13.1. The van der Waals surface area contributed by atoms with Crippen LogP contribution in [0.3, 0.4) is 0 Å². The Hall–Kier alpha value is -3.49. The van der Waals surface area contributed by atoms with Crippen molar-refractivity contribution in [3.63, 3.8) is 0 Å². The summed E-state index contributed by atoms with van der Waals surface area (Å²) in [4.78, 5) is 11.4. The third-order valence-corrected chi connectivity index (χ3v) is 7.64. The zero-order valence-electron chi connectivity index (χ0n) is 21.5. The van der Waals surface area contributed by atoms with E-state index in [2.05, 4.69) is 34.1 Å². The molecule has 9 heteroatoms. The van der Waals surface area contributed by atoms with Gasteiger partial charge in [-0.1, -0.05) is 28.9 Å². The van der Waals surface area contributed by atoms with Crippen LogP contribution in [0.25, 0.3) is 11.4 Å². The lowest BCUT2D eigenvalue weighted by Gasteiger charge is -2.32. The molecule has 6 rings (SSSR count). The van der Waals surface area contributed by atoms with Gasteiger partial charge in [-0.05, 0) is 74.7 Å². The molecule has 0 unspecified atom stereocenters. The first-order chi connectivity index (χ1) is 18.3. The van der Waals surface area contributed by atoms with Crippen LogP contribution in [0, 0.1) is 19.7 Å². The Kier molecular flexibility index (Phi) is 6.32. The van der Waals surface area contributed by atoms with E-state index in [0.717, 1.165) is 54.9 Å². The number of nitrogens with zero attached hydrogens (tertiary/aromatic N) is 4. The first-order valence-electron chi connectivity index (χ1n) is 12.7. The summed E-state index contributed by atoms with van der Waals surface area (Å²) in [7, 11) is 0. The fourth-order valence-electron chi connectivity index (χ4n) is 5.36. The molecule has 4 heterocycles. The average Bonchev–Trinajstić information content (AvgIpc) is 3.48. The van der Waals surface area contributed by atoms with Gasteiger partial charge in [0.2, 0.25) is 11.7 Å². The van der Waals surface area contributed by atoms with Crippen molar-refractivity contribution < 1.29 is 18.4 Å². The van der Waals surface area contributed by atoms with Crippen LogP contribution in [0.2, 0.25) is 5.02 Å². The van der Waals surface area contributed by atoms with E-state index in [1.165, 1.54) is 6.07 Å². The number of halogens is 2. The second kappa shape index (κ2) is 9.67. The second-order valence-electron chi connectivity index (χ2n) is 10.1. The number of aromatic nitrogens is 3. The summed E-state index contributed by atoms with van der Waals surface area (Å²) in [6, 6.07) is 12.6. The number of para-hydroxylation sites is 1. The molecule has 0 saturated carbocycles. The minimum atomic E-state index is -1.25. The molecule has 0 N–H and O–H groups in total. The van der Waals surface area contributed by atoms with Crippen molar-refractivity contribution >= 4 is 11.6 Å². The highest BCUT2D eigenvalue weighted by Crippen LogP contribution is 2.49. The fraction of sp³-hybridized carbons (Fsp3) is 0.345. The molecule has 7 nitrogen and oxygen atoms in total. The quantitative estimate of drug-likeness (QED) is 0.287. The fourth-order valence-corrected chi connectivity index (χ4v) is 5.52. The monoisotopic (exact) mass is 534 g/mol. The molecule has 1 saturated heterocycles. The van der Waals surface area contributed by atoms with E-state index >= 15 is 0 Å². The topological polar surface area (TPSA) is 73.5 Å². The van der Waals surface area contributed by atoms with Crippen LogP contribution in [0.5, 0.6) is 11.5 Å². The van der Waals surface area contributed by atoms with Crippen molar-refractivity contribution in [1.29, 1.82) is 0 Å². The molecule has 2 aliphatic rings. The van der Waals surface area contributed by atoms with Crippen LogP contribution in [-0.4, -0.2) is 33.1 Å². The molecule has 2 aromatic heterocycles. The summed E-state index contributed by atoms with van der Waals surface area (Å²) in [6.45, 7) is 8.24. The summed E-state index contributed by atoms with van der Waals surface area (Å²) in [5.74, 6) is 1.05. The van der Waals surface area contributed by atoms with Crippen LogP contribution in [0.4, 0.5) is 4.39 Å². The molecule has 0 amide bonds. The number of benzene rings is 2. The maximum Gasteiger partial charge on any atom is 0.278 e. The van der Waals surface area contributed by atoms with Gasteiger partial charge in [0.05, 0.1) is 11.3 Å². The Balaban J connectivity index is 1.13. The highest BCUT2D eigenvalue weighted by molar-refractivity contribution is 6.30. The molecule has 4 aromatic rings. The Morgan fingerprint density at radius 2 is 1.92 bits per heavy atom. The van der Waals surface area contributed by atoms with Crippen LogP contribution in [0.1, 0.15) is 54.0 Å². The van der Waals surface area contributed by atoms with Crippen LogP contribution >= 0.6 is 11.6 Å². The largest absolute Gasteiger partial charge is 0.444 e. The third kappa shape index (κ3) is 4.63. The van der Waals surface area contributed by atoms with Crippen LogP contribution < -0.4 is 9.47 Å². The highest BCUT2D eigenvalue weighted by Gasteiger charge is 2.42. The summed E-state index contributed by atoms with van der Waals surface area (Å²) < 4.78 is 32.3. The number of aryl methyl sites for hydroxylation is 2. The summed E-state index contributed by atoms with van der Waals surface area (Å²) in [5.41, 5.74) is 4.43. The number of piperidine rings is 1. The third-order valence-electron chi connectivity index (χ3n) is 7.40. The minimum Gasteiger partial charge on any atom is -0.444 e. The summed E-state index contributed by atoms with van der Waals surface area (Å²) in [5, 5.41) is 4.32. The number of hydrogen-bond donors (Lipinski definition) is 0. The van der Waals surface area contributed by atoms with E-state index in [-0.39, 0.29) is 0 Å². The lowest BCUT2D eigenvalue weighted by Crippen LogP contribution is -2.34. The SMILES string of the molecule is Cc1nc(-c2cnc(CN3CCC(c4cccc5c4O[C@](C)(c4ccc(Cl)cc4F)O5)CC3)c(C)c2)no1. The van der Waals surface area contributed by atoms with Gasteiger partial charge in [-0.15, -0.1) is 0 Å². The summed E-state index contributed by atoms with van der Waals surface area (Å²) >= 11 is 5.95. The molecule has 2 aliphatic heterocycles. The predicted molar refractivity (Wildman–Crippen MR) is 141 cm³/mol. The Morgan fingerprint density at radius 1 is 1.11 bits per heavy atom. The molecule has 196 valence electrons. The maximum absolute atomic E-state index is 14.7. The predicted octanol–water partition coefficient (Wildman–Crippen LogP) is 6.56. The molecule has 2 aromatic carbocycles. The molecular weight excluding hydrogens is 507 g/mol. The van der Waals surface area contributed by atoms with E-state index in [0.29, 0.717) is 39.7 Å². The van der Waals surface area contributed by atoms with Gasteiger partial charge in [0.1, 0.15) is 5.82 Å². The van der Waals surface area contributed by atoms with Gasteiger partial charge >= 0.3 is 0 Å². The Labute approximate surface area is 225 Å². The molecule has 1 fully saturated rings. The number of ether oxygens (including phenoxy) is 2. The van der Waals surface area contributed by atoms with Gasteiger partial charge in [0.25, 0.3) is 5.79 Å². The lowest BCUT2D eigenvalue weighted by molar-refractivity contribution is -0.0712. The van der Waals surface area contributed by atoms with Crippen molar-refractivity contribution in [3.05, 3.63) is 87.8 Å². The standard InChI is InChI=1S/C29H28ClFN4O3/c1-17-13-20(28-33-18(2)38-34-28)15-32-25(17)16-35-11-9-19(10-12-35)22-5-4-6-26-27(22)37-29(3,36-26)23-8-7-21(30)14-24(23)31/h4-8,13-15,19H,9-12,16H2,1-3H3/t29-/m1/s1. The molecule has 0 radical (unpaired) electrons.